The first-order valence-corrected chi connectivity index (χ1v) is 8.68. The van der Waals surface area contributed by atoms with Gasteiger partial charge in [0.1, 0.15) is 5.84 Å². The van der Waals surface area contributed by atoms with Crippen LogP contribution in [-0.2, 0) is 17.1 Å². The van der Waals surface area contributed by atoms with Crippen LogP contribution in [0.25, 0.3) is 16.6 Å². The Kier molecular flexibility index (Phi) is 2.77. The number of fused-ring (bicyclic) bond motifs is 2. The summed E-state index contributed by atoms with van der Waals surface area (Å²) < 4.78 is 29.3. The summed E-state index contributed by atoms with van der Waals surface area (Å²) in [4.78, 5) is 1.96. The predicted octanol–water partition coefficient (Wildman–Crippen LogP) is 2.13. The molecule has 5 nitrogen and oxygen atoms in total. The minimum absolute atomic E-state index is 0.0509. The molecule has 0 unspecified atom stereocenters. The average molecular weight is 313 g/mol. The lowest BCUT2D eigenvalue weighted by Gasteiger charge is -2.31. The van der Waals surface area contributed by atoms with Crippen LogP contribution in [0.1, 0.15) is 5.56 Å². The number of benzene rings is 1. The summed E-state index contributed by atoms with van der Waals surface area (Å²) in [5, 5.41) is 1.17. The number of aromatic nitrogens is 1. The smallest absolute Gasteiger partial charge is 0.256 e. The van der Waals surface area contributed by atoms with Gasteiger partial charge in [-0.05, 0) is 35.9 Å². The molecule has 0 saturated carbocycles. The second kappa shape index (κ2) is 4.58. The van der Waals surface area contributed by atoms with Gasteiger partial charge in [0, 0.05) is 36.4 Å². The quantitative estimate of drug-likeness (QED) is 0.810. The maximum absolute atomic E-state index is 11.7. The zero-order valence-corrected chi connectivity index (χ0v) is 12.9. The van der Waals surface area contributed by atoms with Crippen LogP contribution < -0.4 is 0 Å². The third kappa shape index (κ3) is 2.07. The summed E-state index contributed by atoms with van der Waals surface area (Å²) in [6.45, 7) is 0.435. The van der Waals surface area contributed by atoms with Gasteiger partial charge in [-0.2, -0.15) is 0 Å². The number of hydrogen-bond donors (Lipinski definition) is 0. The molecule has 112 valence electrons. The molecule has 1 aromatic heterocycles. The molecule has 0 saturated heterocycles. The Labute approximate surface area is 128 Å². The molecular weight excluding hydrogens is 298 g/mol. The summed E-state index contributed by atoms with van der Waals surface area (Å²) in [6, 6.07) is 8.35. The predicted molar refractivity (Wildman–Crippen MR) is 88.0 cm³/mol. The lowest BCUT2D eigenvalue weighted by Crippen LogP contribution is -2.38. The van der Waals surface area contributed by atoms with Gasteiger partial charge in [-0.25, -0.2) is 8.42 Å². The molecule has 0 amide bonds. The third-order valence-electron chi connectivity index (χ3n) is 4.05. The molecule has 0 atom stereocenters. The SMILES string of the molecule is Cn1ccc2cc(C3=CC=CC4=NS(=O)(=O)CCN34)ccc21. The van der Waals surface area contributed by atoms with E-state index in [1.54, 1.807) is 6.08 Å². The highest BCUT2D eigenvalue weighted by atomic mass is 32.2. The first-order valence-electron chi connectivity index (χ1n) is 7.07. The molecular formula is C16H15N3O2S. The lowest BCUT2D eigenvalue weighted by atomic mass is 10.1. The highest BCUT2D eigenvalue weighted by Gasteiger charge is 2.27. The molecule has 1 aromatic carbocycles. The molecule has 2 aliphatic rings. The zero-order chi connectivity index (χ0) is 15.3. The summed E-state index contributed by atoms with van der Waals surface area (Å²) in [5.41, 5.74) is 3.22. The number of aryl methyl sites for hydroxylation is 1. The van der Waals surface area contributed by atoms with E-state index in [1.807, 2.05) is 30.3 Å². The topological polar surface area (TPSA) is 54.7 Å². The summed E-state index contributed by atoms with van der Waals surface area (Å²) in [7, 11) is -1.31. The van der Waals surface area contributed by atoms with E-state index < -0.39 is 10.0 Å². The van der Waals surface area contributed by atoms with Crippen molar-refractivity contribution in [2.24, 2.45) is 11.4 Å². The number of hydrogen-bond acceptors (Lipinski definition) is 3. The molecule has 0 bridgehead atoms. The van der Waals surface area contributed by atoms with Gasteiger partial charge in [0.05, 0.1) is 5.75 Å². The molecule has 0 aliphatic carbocycles. The van der Waals surface area contributed by atoms with Gasteiger partial charge in [-0.3, -0.25) is 0 Å². The number of amidine groups is 1. The van der Waals surface area contributed by atoms with Crippen molar-refractivity contribution in [3.05, 3.63) is 54.3 Å². The Morgan fingerprint density at radius 1 is 1.23 bits per heavy atom. The van der Waals surface area contributed by atoms with Crippen molar-refractivity contribution < 1.29 is 8.42 Å². The minimum atomic E-state index is -3.33. The average Bonchev–Trinajstić information content (AvgIpc) is 2.86. The molecule has 0 fully saturated rings. The Balaban J connectivity index is 1.81. The van der Waals surface area contributed by atoms with Crippen molar-refractivity contribution in [1.82, 2.24) is 9.47 Å². The number of nitrogens with zero attached hydrogens (tertiary/aromatic N) is 3. The zero-order valence-electron chi connectivity index (χ0n) is 12.1. The number of sulfonamides is 1. The van der Waals surface area contributed by atoms with Crippen LogP contribution >= 0.6 is 0 Å². The van der Waals surface area contributed by atoms with Gasteiger partial charge < -0.3 is 9.47 Å². The second-order valence-electron chi connectivity index (χ2n) is 5.50. The standard InChI is InChI=1S/C16H15N3O2S/c1-18-8-7-13-11-12(5-6-14(13)18)15-3-2-4-16-17-22(20,21)10-9-19(15)16/h2-8,11H,9-10H2,1H3. The highest BCUT2D eigenvalue weighted by molar-refractivity contribution is 7.90. The molecule has 0 radical (unpaired) electrons. The fraction of sp³-hybridized carbons (Fsp3) is 0.188. The van der Waals surface area contributed by atoms with Gasteiger partial charge >= 0.3 is 0 Å². The van der Waals surface area contributed by atoms with Crippen molar-refractivity contribution in [1.29, 1.82) is 0 Å². The van der Waals surface area contributed by atoms with Crippen LogP contribution in [0, 0.1) is 0 Å². The molecule has 3 heterocycles. The van der Waals surface area contributed by atoms with Crippen molar-refractivity contribution in [3.63, 3.8) is 0 Å². The lowest BCUT2D eigenvalue weighted by molar-refractivity contribution is 0.560. The molecule has 2 aliphatic heterocycles. The van der Waals surface area contributed by atoms with E-state index in [9.17, 15) is 8.42 Å². The van der Waals surface area contributed by atoms with Crippen LogP contribution in [0.4, 0.5) is 0 Å². The van der Waals surface area contributed by atoms with Crippen molar-refractivity contribution in [2.45, 2.75) is 0 Å². The van der Waals surface area contributed by atoms with Crippen molar-refractivity contribution >= 4 is 32.5 Å². The Hall–Kier alpha value is -2.34. The summed E-state index contributed by atoms with van der Waals surface area (Å²) in [6.07, 6.45) is 7.62. The molecule has 22 heavy (non-hydrogen) atoms. The first-order chi connectivity index (χ1) is 10.5. The highest BCUT2D eigenvalue weighted by Crippen LogP contribution is 2.28. The minimum Gasteiger partial charge on any atom is -0.351 e. The van der Waals surface area contributed by atoms with Gasteiger partial charge in [-0.15, -0.1) is 4.40 Å². The van der Waals surface area contributed by atoms with Gasteiger partial charge in [-0.1, -0.05) is 12.1 Å². The van der Waals surface area contributed by atoms with Crippen LogP contribution in [0.15, 0.2) is 53.1 Å². The van der Waals surface area contributed by atoms with Crippen molar-refractivity contribution in [2.75, 3.05) is 12.3 Å². The van der Waals surface area contributed by atoms with E-state index in [4.69, 9.17) is 0 Å². The largest absolute Gasteiger partial charge is 0.351 e. The van der Waals surface area contributed by atoms with Gasteiger partial charge in [0.25, 0.3) is 10.0 Å². The molecule has 4 rings (SSSR count). The molecule has 6 heteroatoms. The number of allylic oxidation sites excluding steroid dienone is 2. The van der Waals surface area contributed by atoms with Crippen LogP contribution in [-0.4, -0.2) is 36.0 Å². The monoisotopic (exact) mass is 313 g/mol. The molecule has 2 aromatic rings. The number of rotatable bonds is 1. The Morgan fingerprint density at radius 3 is 2.95 bits per heavy atom. The van der Waals surface area contributed by atoms with E-state index in [1.165, 1.54) is 10.9 Å². The molecule has 0 N–H and O–H groups in total. The van der Waals surface area contributed by atoms with E-state index in [0.29, 0.717) is 12.4 Å². The maximum Gasteiger partial charge on any atom is 0.256 e. The summed E-state index contributed by atoms with van der Waals surface area (Å²) >= 11 is 0. The second-order valence-corrected chi connectivity index (χ2v) is 7.25. The summed E-state index contributed by atoms with van der Waals surface area (Å²) in [5.74, 6) is 0.548. The first kappa shape index (κ1) is 13.3. The maximum atomic E-state index is 11.7. The third-order valence-corrected chi connectivity index (χ3v) is 5.22. The normalized spacial score (nSPS) is 19.8. The van der Waals surface area contributed by atoms with E-state index >= 15 is 0 Å². The Morgan fingerprint density at radius 2 is 2.09 bits per heavy atom. The van der Waals surface area contributed by atoms with Gasteiger partial charge in [0.2, 0.25) is 0 Å². The fourth-order valence-corrected chi connectivity index (χ4v) is 3.88. The molecule has 0 spiro atoms. The van der Waals surface area contributed by atoms with E-state index in [2.05, 4.69) is 33.2 Å². The van der Waals surface area contributed by atoms with Gasteiger partial charge in [0.15, 0.2) is 0 Å². The van der Waals surface area contributed by atoms with E-state index in [-0.39, 0.29) is 5.75 Å². The van der Waals surface area contributed by atoms with E-state index in [0.717, 1.165) is 11.3 Å². The van der Waals surface area contributed by atoms with Crippen LogP contribution in [0.5, 0.6) is 0 Å². The van der Waals surface area contributed by atoms with Crippen LogP contribution in [0.3, 0.4) is 0 Å². The fourth-order valence-electron chi connectivity index (χ4n) is 2.93. The Bertz CT molecular complexity index is 964. The van der Waals surface area contributed by atoms with Crippen molar-refractivity contribution in [3.8, 4) is 0 Å². The van der Waals surface area contributed by atoms with Crippen LogP contribution in [0.2, 0.25) is 0 Å².